The molecule has 224 valence electrons. The van der Waals surface area contributed by atoms with E-state index in [0.717, 1.165) is 43.1 Å². The first kappa shape index (κ1) is 31.9. The minimum atomic E-state index is -3.62. The number of nitrogens with zero attached hydrogens (tertiary/aromatic N) is 2. The third-order valence-corrected chi connectivity index (χ3v) is 9.13. The Labute approximate surface area is 258 Å². The van der Waals surface area contributed by atoms with E-state index in [2.05, 4.69) is 5.32 Å². The number of anilines is 1. The van der Waals surface area contributed by atoms with E-state index in [1.807, 2.05) is 42.5 Å². The van der Waals surface area contributed by atoms with Gasteiger partial charge in [-0.05, 0) is 60.7 Å². The molecule has 7 nitrogen and oxygen atoms in total. The van der Waals surface area contributed by atoms with Gasteiger partial charge in [0, 0.05) is 42.0 Å². The number of carbonyl (C=O) groups is 2. The molecule has 0 saturated heterocycles. The number of halogens is 2. The Morgan fingerprint density at radius 1 is 0.905 bits per heavy atom. The molecule has 3 aromatic rings. The molecule has 2 amide bonds. The van der Waals surface area contributed by atoms with Crippen LogP contribution in [0.3, 0.4) is 0 Å². The quantitative estimate of drug-likeness (QED) is 0.242. The van der Waals surface area contributed by atoms with Crippen LogP contribution in [0.15, 0.2) is 78.9 Å². The normalized spacial score (nSPS) is 14.4. The van der Waals surface area contributed by atoms with Crippen LogP contribution in [0.2, 0.25) is 10.0 Å². The maximum absolute atomic E-state index is 14.0. The molecule has 0 radical (unpaired) electrons. The summed E-state index contributed by atoms with van der Waals surface area (Å²) in [6.07, 6.45) is 5.79. The lowest BCUT2D eigenvalue weighted by molar-refractivity contribution is -0.141. The van der Waals surface area contributed by atoms with Gasteiger partial charge in [-0.3, -0.25) is 13.9 Å². The summed E-state index contributed by atoms with van der Waals surface area (Å²) in [5.74, 6) is -0.421. The predicted octanol–water partition coefficient (Wildman–Crippen LogP) is 6.24. The van der Waals surface area contributed by atoms with Gasteiger partial charge in [0.15, 0.2) is 0 Å². The van der Waals surface area contributed by atoms with Crippen molar-refractivity contribution in [3.8, 4) is 0 Å². The van der Waals surface area contributed by atoms with E-state index >= 15 is 0 Å². The number of sulfonamides is 1. The van der Waals surface area contributed by atoms with Crippen molar-refractivity contribution in [3.63, 3.8) is 0 Å². The Morgan fingerprint density at radius 2 is 1.55 bits per heavy atom. The molecule has 3 aromatic carbocycles. The molecule has 0 bridgehead atoms. The fourth-order valence-electron chi connectivity index (χ4n) is 5.39. The standard InChI is InChI=1S/C32H37Cl2N3O4S/c1-42(40,41)37(29-17-8-14-27(34)22-29)19-9-18-31(38)36(23-25-12-7-13-26(33)20-25)30(21-24-10-3-2-4-11-24)32(39)35-28-15-5-6-16-28/h2-4,7-8,10-14,17,20,22,28,30H,5-6,9,15-16,18-19,21,23H2,1H3,(H,35,39)/t30-/m1/s1. The van der Waals surface area contributed by atoms with E-state index in [9.17, 15) is 18.0 Å². The monoisotopic (exact) mass is 629 g/mol. The average Bonchev–Trinajstić information content (AvgIpc) is 3.46. The van der Waals surface area contributed by atoms with Gasteiger partial charge < -0.3 is 10.2 Å². The molecule has 0 unspecified atom stereocenters. The van der Waals surface area contributed by atoms with Gasteiger partial charge in [0.2, 0.25) is 21.8 Å². The Bertz CT molecular complexity index is 1460. The van der Waals surface area contributed by atoms with Gasteiger partial charge >= 0.3 is 0 Å². The molecule has 0 aliphatic heterocycles. The number of carbonyl (C=O) groups excluding carboxylic acids is 2. The van der Waals surface area contributed by atoms with E-state index < -0.39 is 16.1 Å². The van der Waals surface area contributed by atoms with Crippen LogP contribution < -0.4 is 9.62 Å². The fourth-order valence-corrected chi connectivity index (χ4v) is 6.74. The van der Waals surface area contributed by atoms with Crippen molar-refractivity contribution in [2.45, 2.75) is 63.6 Å². The van der Waals surface area contributed by atoms with Crippen molar-refractivity contribution in [1.82, 2.24) is 10.2 Å². The SMILES string of the molecule is CS(=O)(=O)N(CCCC(=O)N(Cc1cccc(Cl)c1)[C@H](Cc1ccccc1)C(=O)NC1CCCC1)c1cccc(Cl)c1. The molecule has 0 spiro atoms. The number of nitrogens with one attached hydrogen (secondary N) is 1. The van der Waals surface area contributed by atoms with E-state index in [0.29, 0.717) is 22.2 Å². The molecule has 1 fully saturated rings. The van der Waals surface area contributed by atoms with Crippen molar-refractivity contribution >= 4 is 50.7 Å². The lowest BCUT2D eigenvalue weighted by atomic mass is 10.0. The topological polar surface area (TPSA) is 86.8 Å². The zero-order valence-corrected chi connectivity index (χ0v) is 26.0. The second kappa shape index (κ2) is 14.9. The zero-order chi connectivity index (χ0) is 30.1. The molecular weight excluding hydrogens is 593 g/mol. The van der Waals surface area contributed by atoms with Gasteiger partial charge in [0.1, 0.15) is 6.04 Å². The van der Waals surface area contributed by atoms with Crippen LogP contribution in [0.25, 0.3) is 0 Å². The van der Waals surface area contributed by atoms with Gasteiger partial charge in [0.05, 0.1) is 11.9 Å². The Hall–Kier alpha value is -3.07. The van der Waals surface area contributed by atoms with Crippen molar-refractivity contribution in [2.75, 3.05) is 17.1 Å². The summed E-state index contributed by atoms with van der Waals surface area (Å²) in [6, 6.07) is 22.9. The van der Waals surface area contributed by atoms with Crippen molar-refractivity contribution in [1.29, 1.82) is 0 Å². The summed E-state index contributed by atoms with van der Waals surface area (Å²) in [4.78, 5) is 29.4. The smallest absolute Gasteiger partial charge is 0.243 e. The van der Waals surface area contributed by atoms with Gasteiger partial charge in [0.25, 0.3) is 0 Å². The zero-order valence-electron chi connectivity index (χ0n) is 23.7. The van der Waals surface area contributed by atoms with Crippen molar-refractivity contribution in [3.05, 3.63) is 100 Å². The molecule has 1 aliphatic rings. The number of benzene rings is 3. The summed E-state index contributed by atoms with van der Waals surface area (Å²) in [5, 5.41) is 4.15. The molecule has 42 heavy (non-hydrogen) atoms. The Kier molecular flexibility index (Phi) is 11.3. The molecule has 10 heteroatoms. The first-order valence-electron chi connectivity index (χ1n) is 14.2. The maximum Gasteiger partial charge on any atom is 0.243 e. The summed E-state index contributed by atoms with van der Waals surface area (Å²) in [6.45, 7) is 0.284. The predicted molar refractivity (Wildman–Crippen MR) is 169 cm³/mol. The summed E-state index contributed by atoms with van der Waals surface area (Å²) >= 11 is 12.4. The molecule has 0 heterocycles. The maximum atomic E-state index is 14.0. The summed E-state index contributed by atoms with van der Waals surface area (Å²) in [7, 11) is -3.62. The van der Waals surface area contributed by atoms with Gasteiger partial charge in [-0.25, -0.2) is 8.42 Å². The fraction of sp³-hybridized carbons (Fsp3) is 0.375. The first-order chi connectivity index (χ1) is 20.1. The number of hydrogen-bond acceptors (Lipinski definition) is 4. The van der Waals surface area contributed by atoms with Crippen LogP contribution in [0, 0.1) is 0 Å². The molecule has 1 saturated carbocycles. The van der Waals surface area contributed by atoms with E-state index in [4.69, 9.17) is 23.2 Å². The van der Waals surface area contributed by atoms with Crippen LogP contribution in [0.4, 0.5) is 5.69 Å². The lowest BCUT2D eigenvalue weighted by Crippen LogP contribution is -2.52. The second-order valence-electron chi connectivity index (χ2n) is 10.8. The van der Waals surface area contributed by atoms with Crippen LogP contribution in [0.1, 0.15) is 49.7 Å². The molecule has 4 rings (SSSR count). The van der Waals surface area contributed by atoms with Crippen LogP contribution in [0.5, 0.6) is 0 Å². The summed E-state index contributed by atoms with van der Waals surface area (Å²) < 4.78 is 26.5. The minimum Gasteiger partial charge on any atom is -0.352 e. The second-order valence-corrected chi connectivity index (χ2v) is 13.5. The minimum absolute atomic E-state index is 0.0507. The van der Waals surface area contributed by atoms with Crippen LogP contribution in [-0.4, -0.2) is 50.0 Å². The number of hydrogen-bond donors (Lipinski definition) is 1. The average molecular weight is 631 g/mol. The highest BCUT2D eigenvalue weighted by Gasteiger charge is 2.32. The van der Waals surface area contributed by atoms with Gasteiger partial charge in [-0.15, -0.1) is 0 Å². The molecule has 1 aliphatic carbocycles. The molecule has 1 atom stereocenters. The lowest BCUT2D eigenvalue weighted by Gasteiger charge is -2.33. The highest BCUT2D eigenvalue weighted by molar-refractivity contribution is 7.92. The summed E-state index contributed by atoms with van der Waals surface area (Å²) in [5.41, 5.74) is 2.18. The third-order valence-electron chi connectivity index (χ3n) is 7.46. The van der Waals surface area contributed by atoms with E-state index in [1.165, 1.54) is 4.31 Å². The molecule has 0 aromatic heterocycles. The first-order valence-corrected chi connectivity index (χ1v) is 16.8. The Morgan fingerprint density at radius 3 is 2.19 bits per heavy atom. The molecule has 1 N–H and O–H groups in total. The number of amides is 2. The van der Waals surface area contributed by atoms with Gasteiger partial charge in [-0.2, -0.15) is 0 Å². The highest BCUT2D eigenvalue weighted by atomic mass is 35.5. The Balaban J connectivity index is 1.59. The van der Waals surface area contributed by atoms with E-state index in [-0.39, 0.29) is 43.8 Å². The van der Waals surface area contributed by atoms with Gasteiger partial charge in [-0.1, -0.05) is 84.6 Å². The van der Waals surface area contributed by atoms with E-state index in [1.54, 1.807) is 41.3 Å². The molecular formula is C32H37Cl2N3O4S. The van der Waals surface area contributed by atoms with Crippen molar-refractivity contribution in [2.24, 2.45) is 0 Å². The highest BCUT2D eigenvalue weighted by Crippen LogP contribution is 2.24. The number of rotatable bonds is 13. The van der Waals surface area contributed by atoms with Crippen LogP contribution >= 0.6 is 23.2 Å². The van der Waals surface area contributed by atoms with Crippen molar-refractivity contribution < 1.29 is 18.0 Å². The van der Waals surface area contributed by atoms with Crippen LogP contribution in [-0.2, 0) is 32.6 Å². The largest absolute Gasteiger partial charge is 0.352 e. The third kappa shape index (κ3) is 9.21.